The zero-order chi connectivity index (χ0) is 14.5. The van der Waals surface area contributed by atoms with Crippen molar-refractivity contribution in [3.05, 3.63) is 24.3 Å². The Labute approximate surface area is 120 Å². The van der Waals surface area contributed by atoms with Crippen molar-refractivity contribution >= 4 is 11.6 Å². The van der Waals surface area contributed by atoms with Crippen LogP contribution in [-0.4, -0.2) is 30.0 Å². The van der Waals surface area contributed by atoms with Crippen molar-refractivity contribution in [2.45, 2.75) is 39.2 Å². The van der Waals surface area contributed by atoms with Crippen molar-refractivity contribution in [3.8, 4) is 5.75 Å². The first-order valence-electron chi connectivity index (χ1n) is 7.34. The molecular formula is C16H24N2O2. The van der Waals surface area contributed by atoms with Crippen LogP contribution in [-0.2, 0) is 4.79 Å². The summed E-state index contributed by atoms with van der Waals surface area (Å²) in [5.41, 5.74) is 6.36. The van der Waals surface area contributed by atoms with E-state index >= 15 is 0 Å². The van der Waals surface area contributed by atoms with Gasteiger partial charge in [-0.3, -0.25) is 4.79 Å². The minimum Gasteiger partial charge on any atom is -0.493 e. The zero-order valence-corrected chi connectivity index (χ0v) is 12.3. The zero-order valence-electron chi connectivity index (χ0n) is 12.3. The van der Waals surface area contributed by atoms with E-state index in [1.54, 1.807) is 6.07 Å². The average molecular weight is 276 g/mol. The van der Waals surface area contributed by atoms with Gasteiger partial charge in [0.15, 0.2) is 0 Å². The number of anilines is 1. The SMILES string of the molecule is CC1CCN(C(=O)CCOc2cccc(N)c2)C(C)C1. The van der Waals surface area contributed by atoms with Gasteiger partial charge >= 0.3 is 0 Å². The fourth-order valence-electron chi connectivity index (χ4n) is 2.78. The lowest BCUT2D eigenvalue weighted by Gasteiger charge is -2.36. The van der Waals surface area contributed by atoms with Crippen LogP contribution in [0.2, 0.25) is 0 Å². The van der Waals surface area contributed by atoms with E-state index in [-0.39, 0.29) is 5.91 Å². The molecule has 0 bridgehead atoms. The summed E-state index contributed by atoms with van der Waals surface area (Å²) in [7, 11) is 0. The highest BCUT2D eigenvalue weighted by molar-refractivity contribution is 5.76. The molecule has 0 saturated carbocycles. The summed E-state index contributed by atoms with van der Waals surface area (Å²) >= 11 is 0. The third kappa shape index (κ3) is 3.89. The second-order valence-corrected chi connectivity index (χ2v) is 5.74. The van der Waals surface area contributed by atoms with Gasteiger partial charge in [0, 0.05) is 24.3 Å². The summed E-state index contributed by atoms with van der Waals surface area (Å²) in [6.07, 6.45) is 2.63. The Morgan fingerprint density at radius 1 is 1.45 bits per heavy atom. The summed E-state index contributed by atoms with van der Waals surface area (Å²) in [6.45, 7) is 5.66. The molecule has 0 spiro atoms. The van der Waals surface area contributed by atoms with Gasteiger partial charge < -0.3 is 15.4 Å². The van der Waals surface area contributed by atoms with Gasteiger partial charge in [0.2, 0.25) is 5.91 Å². The Hall–Kier alpha value is -1.71. The number of benzene rings is 1. The van der Waals surface area contributed by atoms with Gasteiger partial charge in [-0.05, 0) is 37.8 Å². The van der Waals surface area contributed by atoms with Gasteiger partial charge in [-0.2, -0.15) is 0 Å². The van der Waals surface area contributed by atoms with Crippen LogP contribution in [0.4, 0.5) is 5.69 Å². The first-order valence-corrected chi connectivity index (χ1v) is 7.34. The van der Waals surface area contributed by atoms with E-state index in [1.807, 2.05) is 23.1 Å². The minimum absolute atomic E-state index is 0.188. The Bertz CT molecular complexity index is 462. The number of nitrogens with zero attached hydrogens (tertiary/aromatic N) is 1. The lowest BCUT2D eigenvalue weighted by molar-refractivity contribution is -0.135. The molecule has 0 aliphatic carbocycles. The molecule has 1 aliphatic rings. The number of hydrogen-bond donors (Lipinski definition) is 1. The second kappa shape index (κ2) is 6.64. The molecule has 2 atom stereocenters. The first kappa shape index (κ1) is 14.7. The summed E-state index contributed by atoms with van der Waals surface area (Å²) in [4.78, 5) is 14.2. The maximum Gasteiger partial charge on any atom is 0.226 e. The number of nitrogen functional groups attached to an aromatic ring is 1. The molecule has 4 nitrogen and oxygen atoms in total. The van der Waals surface area contributed by atoms with Crippen LogP contribution in [0.5, 0.6) is 5.75 Å². The van der Waals surface area contributed by atoms with Crippen LogP contribution >= 0.6 is 0 Å². The fourth-order valence-corrected chi connectivity index (χ4v) is 2.78. The molecule has 2 rings (SSSR count). The van der Waals surface area contributed by atoms with Crippen molar-refractivity contribution in [2.75, 3.05) is 18.9 Å². The largest absolute Gasteiger partial charge is 0.493 e. The molecular weight excluding hydrogens is 252 g/mol. The van der Waals surface area contributed by atoms with Gasteiger partial charge in [0.25, 0.3) is 0 Å². The Morgan fingerprint density at radius 2 is 2.25 bits per heavy atom. The highest BCUT2D eigenvalue weighted by Gasteiger charge is 2.26. The van der Waals surface area contributed by atoms with Crippen molar-refractivity contribution in [1.29, 1.82) is 0 Å². The fraction of sp³-hybridized carbons (Fsp3) is 0.562. The Balaban J connectivity index is 1.78. The molecule has 110 valence electrons. The summed E-state index contributed by atoms with van der Waals surface area (Å²) in [5, 5.41) is 0. The first-order chi connectivity index (χ1) is 9.56. The van der Waals surface area contributed by atoms with Crippen LogP contribution in [0.1, 0.15) is 33.1 Å². The number of nitrogens with two attached hydrogens (primary N) is 1. The van der Waals surface area contributed by atoms with E-state index in [0.29, 0.717) is 24.8 Å². The monoisotopic (exact) mass is 276 g/mol. The van der Waals surface area contributed by atoms with Gasteiger partial charge in [0.1, 0.15) is 5.75 Å². The molecule has 1 aliphatic heterocycles. The van der Waals surface area contributed by atoms with E-state index < -0.39 is 0 Å². The molecule has 20 heavy (non-hydrogen) atoms. The van der Waals surface area contributed by atoms with Crippen LogP contribution in [0.15, 0.2) is 24.3 Å². The number of carbonyl (C=O) groups is 1. The lowest BCUT2D eigenvalue weighted by Crippen LogP contribution is -2.44. The van der Waals surface area contributed by atoms with Gasteiger partial charge in [-0.15, -0.1) is 0 Å². The maximum atomic E-state index is 12.2. The number of amides is 1. The van der Waals surface area contributed by atoms with Crippen molar-refractivity contribution in [2.24, 2.45) is 5.92 Å². The van der Waals surface area contributed by atoms with Crippen molar-refractivity contribution in [3.63, 3.8) is 0 Å². The van der Waals surface area contributed by atoms with Crippen molar-refractivity contribution in [1.82, 2.24) is 4.90 Å². The lowest BCUT2D eigenvalue weighted by atomic mass is 9.93. The predicted molar refractivity (Wildman–Crippen MR) is 80.5 cm³/mol. The molecule has 2 unspecified atom stereocenters. The van der Waals surface area contributed by atoms with Crippen LogP contribution in [0.25, 0.3) is 0 Å². The average Bonchev–Trinajstić information content (AvgIpc) is 2.38. The molecule has 0 radical (unpaired) electrons. The molecule has 1 amide bonds. The third-order valence-electron chi connectivity index (χ3n) is 3.90. The summed E-state index contributed by atoms with van der Waals surface area (Å²) < 4.78 is 5.58. The molecule has 4 heteroatoms. The Morgan fingerprint density at radius 3 is 2.95 bits per heavy atom. The molecule has 0 aromatic heterocycles. The topological polar surface area (TPSA) is 55.6 Å². The molecule has 1 saturated heterocycles. The van der Waals surface area contributed by atoms with Crippen LogP contribution in [0, 0.1) is 5.92 Å². The highest BCUT2D eigenvalue weighted by Crippen LogP contribution is 2.22. The van der Waals surface area contributed by atoms with E-state index in [1.165, 1.54) is 0 Å². The number of likely N-dealkylation sites (tertiary alicyclic amines) is 1. The van der Waals surface area contributed by atoms with Crippen molar-refractivity contribution < 1.29 is 9.53 Å². The number of ether oxygens (including phenoxy) is 1. The number of piperidine rings is 1. The molecule has 1 aromatic carbocycles. The summed E-state index contributed by atoms with van der Waals surface area (Å²) in [5.74, 6) is 1.63. The normalized spacial score (nSPS) is 22.6. The highest BCUT2D eigenvalue weighted by atomic mass is 16.5. The van der Waals surface area contributed by atoms with E-state index in [2.05, 4.69) is 13.8 Å². The van der Waals surface area contributed by atoms with Gasteiger partial charge in [-0.25, -0.2) is 0 Å². The molecule has 1 aromatic rings. The van der Waals surface area contributed by atoms with Crippen LogP contribution < -0.4 is 10.5 Å². The molecule has 1 heterocycles. The Kier molecular flexibility index (Phi) is 4.88. The van der Waals surface area contributed by atoms with E-state index in [9.17, 15) is 4.79 Å². The molecule has 1 fully saturated rings. The maximum absolute atomic E-state index is 12.2. The van der Waals surface area contributed by atoms with Crippen LogP contribution in [0.3, 0.4) is 0 Å². The third-order valence-corrected chi connectivity index (χ3v) is 3.90. The molecule has 2 N–H and O–H groups in total. The van der Waals surface area contributed by atoms with E-state index in [4.69, 9.17) is 10.5 Å². The van der Waals surface area contributed by atoms with Gasteiger partial charge in [-0.1, -0.05) is 13.0 Å². The van der Waals surface area contributed by atoms with E-state index in [0.717, 1.165) is 31.1 Å². The predicted octanol–water partition coefficient (Wildman–Crippen LogP) is 2.68. The second-order valence-electron chi connectivity index (χ2n) is 5.74. The number of carbonyl (C=O) groups excluding carboxylic acids is 1. The number of rotatable bonds is 4. The van der Waals surface area contributed by atoms with Gasteiger partial charge in [0.05, 0.1) is 13.0 Å². The quantitative estimate of drug-likeness (QED) is 0.860. The summed E-state index contributed by atoms with van der Waals surface area (Å²) in [6, 6.07) is 7.63. The standard InChI is InChI=1S/C16H24N2O2/c1-12-6-8-18(13(2)10-12)16(19)7-9-20-15-5-3-4-14(17)11-15/h3-5,11-13H,6-10,17H2,1-2H3. The number of hydrogen-bond acceptors (Lipinski definition) is 3. The smallest absolute Gasteiger partial charge is 0.226 e. The minimum atomic E-state index is 0.188.